The highest BCUT2D eigenvalue weighted by molar-refractivity contribution is 5.93. The summed E-state index contributed by atoms with van der Waals surface area (Å²) in [7, 11) is 1.46. The minimum atomic E-state index is -0.302. The number of ether oxygens (including phenoxy) is 1. The Morgan fingerprint density at radius 3 is 2.76 bits per heavy atom. The molecule has 7 heteroatoms. The molecular formula is C14H23N3O4. The molecule has 0 saturated carbocycles. The van der Waals surface area contributed by atoms with Gasteiger partial charge in [-0.3, -0.25) is 9.59 Å². The first kappa shape index (κ1) is 17.2. The van der Waals surface area contributed by atoms with Gasteiger partial charge in [0, 0.05) is 19.7 Å². The van der Waals surface area contributed by atoms with Crippen LogP contribution < -0.4 is 5.32 Å². The number of unbranched alkanes of at least 4 members (excludes halogenated alkanes) is 2. The second-order valence-electron chi connectivity index (χ2n) is 4.83. The molecule has 118 valence electrons. The molecule has 0 unspecified atom stereocenters. The number of hydrogen-bond acceptors (Lipinski definition) is 5. The standard InChI is InChI=1S/C14H23N3O4/c1-4-5-6-7-17(14(19)10-20-3)9-13(18)15-12-8-11(2)21-16-12/h8H,4-7,9-10H2,1-3H3,(H,15,16,18). The number of aryl methyl sites for hydroxylation is 1. The predicted molar refractivity (Wildman–Crippen MR) is 77.9 cm³/mol. The van der Waals surface area contributed by atoms with Crippen LogP contribution in [-0.2, 0) is 14.3 Å². The molecule has 1 heterocycles. The van der Waals surface area contributed by atoms with E-state index in [1.54, 1.807) is 13.0 Å². The van der Waals surface area contributed by atoms with Crippen LogP contribution in [0.15, 0.2) is 10.6 Å². The summed E-state index contributed by atoms with van der Waals surface area (Å²) in [4.78, 5) is 25.4. The maximum atomic E-state index is 11.9. The molecule has 0 aromatic carbocycles. The molecule has 0 aliphatic heterocycles. The van der Waals surface area contributed by atoms with Gasteiger partial charge >= 0.3 is 0 Å². The third kappa shape index (κ3) is 6.40. The molecule has 0 bridgehead atoms. The van der Waals surface area contributed by atoms with Crippen molar-refractivity contribution in [3.63, 3.8) is 0 Å². The Morgan fingerprint density at radius 2 is 2.19 bits per heavy atom. The van der Waals surface area contributed by atoms with E-state index in [2.05, 4.69) is 17.4 Å². The van der Waals surface area contributed by atoms with Crippen LogP contribution in [0.3, 0.4) is 0 Å². The molecule has 0 atom stereocenters. The molecule has 1 aromatic heterocycles. The smallest absolute Gasteiger partial charge is 0.249 e. The third-order valence-electron chi connectivity index (χ3n) is 2.88. The van der Waals surface area contributed by atoms with Crippen LogP contribution >= 0.6 is 0 Å². The Balaban J connectivity index is 2.53. The van der Waals surface area contributed by atoms with Crippen molar-refractivity contribution in [1.82, 2.24) is 10.1 Å². The fourth-order valence-electron chi connectivity index (χ4n) is 1.84. The van der Waals surface area contributed by atoms with E-state index in [-0.39, 0.29) is 25.0 Å². The average Bonchev–Trinajstić information content (AvgIpc) is 2.83. The Morgan fingerprint density at radius 1 is 1.43 bits per heavy atom. The van der Waals surface area contributed by atoms with E-state index in [1.807, 2.05) is 0 Å². The highest BCUT2D eigenvalue weighted by Gasteiger charge is 2.17. The number of rotatable bonds is 9. The van der Waals surface area contributed by atoms with Gasteiger partial charge in [-0.1, -0.05) is 24.9 Å². The highest BCUT2D eigenvalue weighted by Crippen LogP contribution is 2.07. The Kier molecular flexibility index (Phi) is 7.45. The largest absolute Gasteiger partial charge is 0.375 e. The molecule has 0 radical (unpaired) electrons. The SMILES string of the molecule is CCCCCN(CC(=O)Nc1cc(C)on1)C(=O)COC. The number of carbonyl (C=O) groups is 2. The summed E-state index contributed by atoms with van der Waals surface area (Å²) in [6.45, 7) is 4.32. The first-order chi connectivity index (χ1) is 10.1. The van der Waals surface area contributed by atoms with Gasteiger partial charge in [0.25, 0.3) is 0 Å². The van der Waals surface area contributed by atoms with E-state index in [0.29, 0.717) is 18.1 Å². The zero-order chi connectivity index (χ0) is 15.7. The van der Waals surface area contributed by atoms with Crippen molar-refractivity contribution in [2.75, 3.05) is 32.1 Å². The number of amides is 2. The maximum absolute atomic E-state index is 11.9. The lowest BCUT2D eigenvalue weighted by Gasteiger charge is -2.21. The number of aromatic nitrogens is 1. The van der Waals surface area contributed by atoms with Gasteiger partial charge < -0.3 is 19.5 Å². The molecule has 0 aliphatic rings. The van der Waals surface area contributed by atoms with Gasteiger partial charge in [-0.25, -0.2) is 0 Å². The van der Waals surface area contributed by atoms with Crippen LogP contribution in [0.4, 0.5) is 5.82 Å². The lowest BCUT2D eigenvalue weighted by atomic mass is 10.2. The molecule has 21 heavy (non-hydrogen) atoms. The van der Waals surface area contributed by atoms with E-state index in [9.17, 15) is 9.59 Å². The van der Waals surface area contributed by atoms with Crippen LogP contribution in [0.2, 0.25) is 0 Å². The Hall–Kier alpha value is -1.89. The molecule has 0 spiro atoms. The van der Waals surface area contributed by atoms with Crippen LogP contribution in [0.5, 0.6) is 0 Å². The molecule has 1 aromatic rings. The Labute approximate surface area is 124 Å². The van der Waals surface area contributed by atoms with Crippen molar-refractivity contribution in [3.05, 3.63) is 11.8 Å². The zero-order valence-corrected chi connectivity index (χ0v) is 12.8. The number of nitrogens with one attached hydrogen (secondary N) is 1. The minimum Gasteiger partial charge on any atom is -0.375 e. The minimum absolute atomic E-state index is 0.0161. The molecule has 1 rings (SSSR count). The van der Waals surface area contributed by atoms with Gasteiger partial charge in [-0.05, 0) is 13.3 Å². The number of hydrogen-bond donors (Lipinski definition) is 1. The van der Waals surface area contributed by atoms with Gasteiger partial charge in [0.15, 0.2) is 5.82 Å². The predicted octanol–water partition coefficient (Wildman–Crippen LogP) is 1.59. The topological polar surface area (TPSA) is 84.7 Å². The second kappa shape index (κ2) is 9.12. The van der Waals surface area contributed by atoms with E-state index in [0.717, 1.165) is 19.3 Å². The van der Waals surface area contributed by atoms with E-state index in [1.165, 1.54) is 12.0 Å². The number of nitrogens with zero attached hydrogens (tertiary/aromatic N) is 2. The fraction of sp³-hybridized carbons (Fsp3) is 0.643. The van der Waals surface area contributed by atoms with Crippen molar-refractivity contribution in [2.45, 2.75) is 33.1 Å². The van der Waals surface area contributed by atoms with Gasteiger partial charge in [-0.2, -0.15) is 0 Å². The molecule has 7 nitrogen and oxygen atoms in total. The molecule has 0 saturated heterocycles. The third-order valence-corrected chi connectivity index (χ3v) is 2.88. The molecule has 2 amide bonds. The van der Waals surface area contributed by atoms with Crippen LogP contribution in [0, 0.1) is 6.92 Å². The van der Waals surface area contributed by atoms with Crippen molar-refractivity contribution < 1.29 is 18.8 Å². The van der Waals surface area contributed by atoms with Gasteiger partial charge in [0.05, 0.1) is 6.54 Å². The molecule has 0 fully saturated rings. The number of carbonyl (C=O) groups excluding carboxylic acids is 2. The summed E-state index contributed by atoms with van der Waals surface area (Å²) >= 11 is 0. The molecule has 0 aliphatic carbocycles. The molecular weight excluding hydrogens is 274 g/mol. The van der Waals surface area contributed by atoms with Crippen molar-refractivity contribution >= 4 is 17.6 Å². The van der Waals surface area contributed by atoms with E-state index < -0.39 is 0 Å². The van der Waals surface area contributed by atoms with Gasteiger partial charge in [0.2, 0.25) is 11.8 Å². The summed E-state index contributed by atoms with van der Waals surface area (Å²) in [6.07, 6.45) is 2.93. The van der Waals surface area contributed by atoms with Crippen LogP contribution in [0.25, 0.3) is 0 Å². The van der Waals surface area contributed by atoms with Crippen molar-refractivity contribution in [1.29, 1.82) is 0 Å². The monoisotopic (exact) mass is 297 g/mol. The first-order valence-corrected chi connectivity index (χ1v) is 7.06. The summed E-state index contributed by atoms with van der Waals surface area (Å²) in [5.74, 6) is 0.468. The van der Waals surface area contributed by atoms with Crippen molar-refractivity contribution in [3.8, 4) is 0 Å². The second-order valence-corrected chi connectivity index (χ2v) is 4.83. The van der Waals surface area contributed by atoms with Gasteiger partial charge in [-0.15, -0.1) is 0 Å². The summed E-state index contributed by atoms with van der Waals surface area (Å²) < 4.78 is 9.71. The normalized spacial score (nSPS) is 10.4. The zero-order valence-electron chi connectivity index (χ0n) is 12.8. The quantitative estimate of drug-likeness (QED) is 0.700. The lowest BCUT2D eigenvalue weighted by Crippen LogP contribution is -2.40. The van der Waals surface area contributed by atoms with E-state index in [4.69, 9.17) is 9.26 Å². The summed E-state index contributed by atoms with van der Waals surface area (Å²) in [5.41, 5.74) is 0. The summed E-state index contributed by atoms with van der Waals surface area (Å²) in [6, 6.07) is 1.62. The van der Waals surface area contributed by atoms with Crippen LogP contribution in [-0.4, -0.2) is 48.7 Å². The molecule has 1 N–H and O–H groups in total. The fourth-order valence-corrected chi connectivity index (χ4v) is 1.84. The first-order valence-electron chi connectivity index (χ1n) is 7.06. The highest BCUT2D eigenvalue weighted by atomic mass is 16.5. The average molecular weight is 297 g/mol. The summed E-state index contributed by atoms with van der Waals surface area (Å²) in [5, 5.41) is 6.29. The van der Waals surface area contributed by atoms with Crippen LogP contribution in [0.1, 0.15) is 31.9 Å². The number of anilines is 1. The Bertz CT molecular complexity index is 459. The van der Waals surface area contributed by atoms with Crippen molar-refractivity contribution in [2.24, 2.45) is 0 Å². The maximum Gasteiger partial charge on any atom is 0.249 e. The lowest BCUT2D eigenvalue weighted by molar-refractivity contribution is -0.138. The number of methoxy groups -OCH3 is 1. The van der Waals surface area contributed by atoms with E-state index >= 15 is 0 Å². The van der Waals surface area contributed by atoms with Gasteiger partial charge in [0.1, 0.15) is 12.4 Å².